The van der Waals surface area contributed by atoms with Gasteiger partial charge in [0.05, 0.1) is 9.82 Å². The van der Waals surface area contributed by atoms with Gasteiger partial charge in [0.1, 0.15) is 17.5 Å². The zero-order valence-electron chi connectivity index (χ0n) is 15.3. The largest absolute Gasteiger partial charge is 0.368 e. The first-order chi connectivity index (χ1) is 14.1. The highest BCUT2D eigenvalue weighted by atomic mass is 32.2. The number of halogens is 3. The lowest BCUT2D eigenvalue weighted by molar-refractivity contribution is -0.384. The standard InChI is InChI=1S/C18H16F3N3O5S/c19-12-3-1-11(2-4-12)10-23-8-7-15(17(23)25)22-14-6-5-13(9-16(14)24(26)27)30(28,29)18(20)21/h1-6,9,15,18,22H,7-8,10H2. The van der Waals surface area contributed by atoms with Crippen molar-refractivity contribution in [3.05, 3.63) is 64.0 Å². The third-order valence-electron chi connectivity index (χ3n) is 4.64. The van der Waals surface area contributed by atoms with Gasteiger partial charge >= 0.3 is 5.76 Å². The van der Waals surface area contributed by atoms with Crippen LogP contribution >= 0.6 is 0 Å². The van der Waals surface area contributed by atoms with Crippen molar-refractivity contribution in [2.45, 2.75) is 29.7 Å². The molecule has 1 unspecified atom stereocenters. The van der Waals surface area contributed by atoms with Crippen molar-refractivity contribution in [2.75, 3.05) is 11.9 Å². The molecular weight excluding hydrogens is 427 g/mol. The Morgan fingerprint density at radius 1 is 1.20 bits per heavy atom. The summed E-state index contributed by atoms with van der Waals surface area (Å²) in [5.41, 5.74) is -0.186. The summed E-state index contributed by atoms with van der Waals surface area (Å²) in [7, 11) is -5.00. The van der Waals surface area contributed by atoms with Crippen molar-refractivity contribution < 1.29 is 31.3 Å². The molecule has 1 saturated heterocycles. The van der Waals surface area contributed by atoms with Crippen molar-refractivity contribution >= 4 is 27.1 Å². The Labute approximate surface area is 169 Å². The number of hydrogen-bond acceptors (Lipinski definition) is 6. The minimum atomic E-state index is -5.00. The maximum absolute atomic E-state index is 13.0. The second-order valence-corrected chi connectivity index (χ2v) is 8.53. The Balaban J connectivity index is 1.78. The van der Waals surface area contributed by atoms with Crippen molar-refractivity contribution in [3.63, 3.8) is 0 Å². The highest BCUT2D eigenvalue weighted by Crippen LogP contribution is 2.31. The van der Waals surface area contributed by atoms with Crippen molar-refractivity contribution in [1.82, 2.24) is 4.90 Å². The maximum atomic E-state index is 13.0. The van der Waals surface area contributed by atoms with Crippen molar-refractivity contribution in [3.8, 4) is 0 Å². The molecule has 1 amide bonds. The Morgan fingerprint density at radius 3 is 2.47 bits per heavy atom. The molecule has 0 aromatic heterocycles. The number of carbonyl (C=O) groups excluding carboxylic acids is 1. The lowest BCUT2D eigenvalue weighted by Gasteiger charge is -2.18. The first kappa shape index (κ1) is 21.6. The number of anilines is 1. The van der Waals surface area contributed by atoms with Gasteiger partial charge in [-0.1, -0.05) is 12.1 Å². The van der Waals surface area contributed by atoms with Gasteiger partial charge in [-0.3, -0.25) is 14.9 Å². The summed E-state index contributed by atoms with van der Waals surface area (Å²) in [5.74, 6) is -4.47. The Hall–Kier alpha value is -3.15. The van der Waals surface area contributed by atoms with Crippen LogP contribution in [-0.4, -0.2) is 42.5 Å². The van der Waals surface area contributed by atoms with Gasteiger partial charge in [0.2, 0.25) is 15.7 Å². The fourth-order valence-corrected chi connectivity index (χ4v) is 3.83. The Morgan fingerprint density at radius 2 is 1.87 bits per heavy atom. The predicted octanol–water partition coefficient (Wildman–Crippen LogP) is 2.94. The number of sulfone groups is 1. The molecule has 1 atom stereocenters. The quantitative estimate of drug-likeness (QED) is 0.521. The van der Waals surface area contributed by atoms with Crippen LogP contribution in [0.25, 0.3) is 0 Å². The van der Waals surface area contributed by atoms with Crippen LogP contribution in [0.1, 0.15) is 12.0 Å². The van der Waals surface area contributed by atoms with E-state index in [4.69, 9.17) is 0 Å². The number of nitrogens with one attached hydrogen (secondary N) is 1. The van der Waals surface area contributed by atoms with Crippen molar-refractivity contribution in [1.29, 1.82) is 0 Å². The molecule has 3 rings (SSSR count). The number of hydrogen-bond donors (Lipinski definition) is 1. The SMILES string of the molecule is O=C1C(Nc2ccc(S(=O)(=O)C(F)F)cc2[N+](=O)[O-])CCN1Cc1ccc(F)cc1. The van der Waals surface area contributed by atoms with E-state index in [-0.39, 0.29) is 18.1 Å². The molecule has 1 heterocycles. The van der Waals surface area contributed by atoms with E-state index in [1.807, 2.05) is 0 Å². The minimum absolute atomic E-state index is 0.157. The first-order valence-electron chi connectivity index (χ1n) is 8.70. The van der Waals surface area contributed by atoms with E-state index in [0.717, 1.165) is 12.1 Å². The second kappa shape index (κ2) is 8.30. The van der Waals surface area contributed by atoms with E-state index < -0.39 is 43.0 Å². The normalized spacial score (nSPS) is 16.9. The Bertz CT molecular complexity index is 1080. The molecule has 1 aliphatic heterocycles. The summed E-state index contributed by atoms with van der Waals surface area (Å²) in [6.07, 6.45) is 0.314. The van der Waals surface area contributed by atoms with Gasteiger partial charge in [0.15, 0.2) is 0 Å². The third-order valence-corrected chi connectivity index (χ3v) is 6.02. The molecule has 12 heteroatoms. The molecule has 0 spiro atoms. The molecule has 30 heavy (non-hydrogen) atoms. The summed E-state index contributed by atoms with van der Waals surface area (Å²) < 4.78 is 61.6. The zero-order chi connectivity index (χ0) is 22.1. The van der Waals surface area contributed by atoms with Gasteiger partial charge in [-0.15, -0.1) is 0 Å². The highest BCUT2D eigenvalue weighted by molar-refractivity contribution is 7.91. The average molecular weight is 443 g/mol. The van der Waals surface area contributed by atoms with Crippen LogP contribution in [0.3, 0.4) is 0 Å². The molecule has 2 aromatic carbocycles. The topological polar surface area (TPSA) is 110 Å². The zero-order valence-corrected chi connectivity index (χ0v) is 16.1. The summed E-state index contributed by atoms with van der Waals surface area (Å²) in [4.78, 5) is 23.6. The minimum Gasteiger partial charge on any atom is -0.368 e. The molecule has 0 saturated carbocycles. The molecule has 160 valence electrons. The average Bonchev–Trinajstić information content (AvgIpc) is 3.03. The summed E-state index contributed by atoms with van der Waals surface area (Å²) >= 11 is 0. The van der Waals surface area contributed by atoms with Gasteiger partial charge < -0.3 is 10.2 Å². The number of nitro benzene ring substituents is 1. The molecule has 8 nitrogen and oxygen atoms in total. The van der Waals surface area contributed by atoms with Crippen LogP contribution < -0.4 is 5.32 Å². The summed E-state index contributed by atoms with van der Waals surface area (Å²) in [6, 6.07) is 7.15. The van der Waals surface area contributed by atoms with E-state index in [2.05, 4.69) is 5.32 Å². The third kappa shape index (κ3) is 4.37. The van der Waals surface area contributed by atoms with Crippen LogP contribution in [0.15, 0.2) is 47.4 Å². The van der Waals surface area contributed by atoms with Gasteiger partial charge in [0.25, 0.3) is 5.69 Å². The van der Waals surface area contributed by atoms with Crippen LogP contribution in [0, 0.1) is 15.9 Å². The molecular formula is C18H16F3N3O5S. The molecule has 1 fully saturated rings. The first-order valence-corrected chi connectivity index (χ1v) is 10.2. The van der Waals surface area contributed by atoms with E-state index in [0.29, 0.717) is 24.6 Å². The van der Waals surface area contributed by atoms with Crippen LogP contribution in [0.2, 0.25) is 0 Å². The van der Waals surface area contributed by atoms with E-state index in [1.165, 1.54) is 29.2 Å². The smallest absolute Gasteiger partial charge is 0.341 e. The van der Waals surface area contributed by atoms with Gasteiger partial charge in [-0.25, -0.2) is 12.8 Å². The molecule has 0 radical (unpaired) electrons. The summed E-state index contributed by atoms with van der Waals surface area (Å²) in [6.45, 7) is 0.574. The van der Waals surface area contributed by atoms with E-state index in [1.54, 1.807) is 0 Å². The molecule has 2 aromatic rings. The number of carbonyl (C=O) groups is 1. The number of amides is 1. The maximum Gasteiger partial charge on any atom is 0.341 e. The summed E-state index contributed by atoms with van der Waals surface area (Å²) in [5, 5.41) is 14.0. The van der Waals surface area contributed by atoms with E-state index >= 15 is 0 Å². The number of alkyl halides is 2. The molecule has 0 bridgehead atoms. The van der Waals surface area contributed by atoms with Gasteiger partial charge in [-0.05, 0) is 36.2 Å². The number of likely N-dealkylation sites (tertiary alicyclic amines) is 1. The fourth-order valence-electron chi connectivity index (χ4n) is 3.09. The second-order valence-electron chi connectivity index (χ2n) is 6.61. The molecule has 0 aliphatic carbocycles. The van der Waals surface area contributed by atoms with Gasteiger partial charge in [-0.2, -0.15) is 8.78 Å². The number of nitro groups is 1. The van der Waals surface area contributed by atoms with E-state index in [9.17, 15) is 36.5 Å². The van der Waals surface area contributed by atoms with Gasteiger partial charge in [0, 0.05) is 19.2 Å². The monoisotopic (exact) mass is 443 g/mol. The predicted molar refractivity (Wildman–Crippen MR) is 100 cm³/mol. The van der Waals surface area contributed by atoms with Crippen LogP contribution in [0.4, 0.5) is 24.5 Å². The van der Waals surface area contributed by atoms with Crippen LogP contribution in [-0.2, 0) is 21.2 Å². The molecule has 1 aliphatic rings. The fraction of sp³-hybridized carbons (Fsp3) is 0.278. The molecule has 1 N–H and O–H groups in total. The highest BCUT2D eigenvalue weighted by Gasteiger charge is 2.34. The number of benzene rings is 2. The lowest BCUT2D eigenvalue weighted by atomic mass is 10.2. The van der Waals surface area contributed by atoms with Crippen molar-refractivity contribution in [2.24, 2.45) is 0 Å². The number of nitrogens with zero attached hydrogens (tertiary/aromatic N) is 2. The van der Waals surface area contributed by atoms with Crippen LogP contribution in [0.5, 0.6) is 0 Å². The Kier molecular flexibility index (Phi) is 5.97. The lowest BCUT2D eigenvalue weighted by Crippen LogP contribution is -2.33. The number of rotatable bonds is 7.